The molecule has 0 unspecified atom stereocenters. The average Bonchev–Trinajstić information content (AvgIpc) is 2.54. The Labute approximate surface area is 147 Å². The second kappa shape index (κ2) is 7.81. The number of hydrogen-bond donors (Lipinski definition) is 3. The summed E-state index contributed by atoms with van der Waals surface area (Å²) >= 11 is 1.99. The molecule has 7 nitrogen and oxygen atoms in total. The molecule has 0 aromatic heterocycles. The van der Waals surface area contributed by atoms with E-state index in [1.807, 2.05) is 0 Å². The van der Waals surface area contributed by atoms with Crippen LogP contribution in [0.2, 0.25) is 0 Å². The predicted octanol–water partition coefficient (Wildman–Crippen LogP) is 0.376. The Morgan fingerprint density at radius 1 is 0.958 bits per heavy atom. The molecule has 0 spiro atoms. The Kier molecular flexibility index (Phi) is 6.23. The van der Waals surface area contributed by atoms with Gasteiger partial charge in [-0.1, -0.05) is 12.1 Å². The van der Waals surface area contributed by atoms with Crippen molar-refractivity contribution in [3.63, 3.8) is 0 Å². The monoisotopic (exact) mass is 389 g/mol. The number of primary sulfonamides is 1. The van der Waals surface area contributed by atoms with E-state index in [2.05, 4.69) is 0 Å². The summed E-state index contributed by atoms with van der Waals surface area (Å²) in [7, 11) is -4.18. The fraction of sp³-hybridized carbons (Fsp3) is 0.286. The van der Waals surface area contributed by atoms with E-state index in [1.54, 1.807) is 0 Å². The normalized spacial score (nSPS) is 15.0. The molecule has 1 aromatic carbocycles. The van der Waals surface area contributed by atoms with Gasteiger partial charge in [-0.25, -0.2) is 13.6 Å². The number of aliphatic hydroxyl groups excluding tert-OH is 2. The minimum Gasteiger partial charge on any atom is -0.396 e. The zero-order chi connectivity index (χ0) is 17.9. The Bertz CT molecular complexity index is 816. The maximum absolute atomic E-state index is 12.8. The lowest BCUT2D eigenvalue weighted by Gasteiger charge is -2.21. The van der Waals surface area contributed by atoms with Crippen molar-refractivity contribution in [2.75, 3.05) is 24.7 Å². The lowest BCUT2D eigenvalue weighted by molar-refractivity contribution is 0.0986. The molecule has 10 heteroatoms. The van der Waals surface area contributed by atoms with E-state index in [1.165, 1.54) is 18.2 Å². The third-order valence-electron chi connectivity index (χ3n) is 3.10. The number of aliphatic hydroxyl groups is 2. The summed E-state index contributed by atoms with van der Waals surface area (Å²) in [4.78, 5) is 25.3. The van der Waals surface area contributed by atoms with Crippen molar-refractivity contribution in [2.45, 2.75) is 4.90 Å². The number of nitrogens with two attached hydrogens (primary N) is 1. The molecule has 0 aliphatic heterocycles. The summed E-state index contributed by atoms with van der Waals surface area (Å²) in [6, 6.07) is 3.90. The van der Waals surface area contributed by atoms with E-state index in [4.69, 9.17) is 15.4 Å². The van der Waals surface area contributed by atoms with Crippen LogP contribution in [0.15, 0.2) is 32.9 Å². The zero-order valence-electron chi connectivity index (χ0n) is 12.4. The minimum absolute atomic E-state index is 0.0275. The highest BCUT2D eigenvalue weighted by molar-refractivity contribution is 8.08. The van der Waals surface area contributed by atoms with Crippen LogP contribution in [0.4, 0.5) is 0 Å². The van der Waals surface area contributed by atoms with Crippen LogP contribution in [0.3, 0.4) is 0 Å². The Morgan fingerprint density at radius 3 is 2.00 bits per heavy atom. The van der Waals surface area contributed by atoms with E-state index in [-0.39, 0.29) is 45.7 Å². The molecule has 0 atom stereocenters. The van der Waals surface area contributed by atoms with E-state index in [9.17, 15) is 18.0 Å². The number of benzene rings is 1. The van der Waals surface area contributed by atoms with E-state index in [0.717, 1.165) is 23.5 Å². The number of thioether (sulfide) groups is 2. The van der Waals surface area contributed by atoms with Crippen molar-refractivity contribution in [3.8, 4) is 0 Å². The number of carbonyl (C=O) groups excluding carboxylic acids is 2. The van der Waals surface area contributed by atoms with Crippen LogP contribution in [0.25, 0.3) is 0 Å². The van der Waals surface area contributed by atoms with Gasteiger partial charge in [-0.2, -0.15) is 0 Å². The number of carbonyl (C=O) groups is 2. The molecular weight excluding hydrogens is 374 g/mol. The molecular formula is C14H15NO6S3. The minimum atomic E-state index is -4.18. The van der Waals surface area contributed by atoms with Crippen molar-refractivity contribution < 1.29 is 28.2 Å². The molecule has 1 aliphatic rings. The number of ketones is 2. The first-order valence-electron chi connectivity index (χ1n) is 6.79. The van der Waals surface area contributed by atoms with Gasteiger partial charge in [0.15, 0.2) is 0 Å². The fourth-order valence-corrected chi connectivity index (χ4v) is 4.81. The molecule has 0 bridgehead atoms. The molecule has 0 amide bonds. The van der Waals surface area contributed by atoms with Gasteiger partial charge in [0.2, 0.25) is 21.6 Å². The Balaban J connectivity index is 2.65. The van der Waals surface area contributed by atoms with Crippen LogP contribution in [-0.2, 0) is 10.0 Å². The lowest BCUT2D eigenvalue weighted by atomic mass is 9.94. The van der Waals surface area contributed by atoms with Crippen molar-refractivity contribution in [1.29, 1.82) is 0 Å². The van der Waals surface area contributed by atoms with Gasteiger partial charge < -0.3 is 10.2 Å². The Hall–Kier alpha value is -1.17. The summed E-state index contributed by atoms with van der Waals surface area (Å²) < 4.78 is 23.5. The third-order valence-corrected chi connectivity index (χ3v) is 6.31. The number of sulfonamides is 1. The van der Waals surface area contributed by atoms with E-state index >= 15 is 0 Å². The molecule has 1 aromatic rings. The van der Waals surface area contributed by atoms with Gasteiger partial charge in [-0.15, -0.1) is 23.5 Å². The molecule has 2 rings (SSSR count). The zero-order valence-corrected chi connectivity index (χ0v) is 14.8. The fourth-order valence-electron chi connectivity index (χ4n) is 2.19. The van der Waals surface area contributed by atoms with Crippen LogP contribution >= 0.6 is 23.5 Å². The summed E-state index contributed by atoms with van der Waals surface area (Å²) in [5.41, 5.74) is -0.265. The van der Waals surface area contributed by atoms with Crippen LogP contribution in [0.5, 0.6) is 0 Å². The summed E-state index contributed by atoms with van der Waals surface area (Å²) in [6.07, 6.45) is 0. The molecule has 0 saturated carbocycles. The predicted molar refractivity (Wildman–Crippen MR) is 92.6 cm³/mol. The molecule has 130 valence electrons. The molecule has 1 aliphatic carbocycles. The number of Topliss-reactive ketones (excluding diaryl/α,β-unsaturated/α-hetero) is 2. The van der Waals surface area contributed by atoms with Gasteiger partial charge in [0.25, 0.3) is 0 Å². The molecule has 24 heavy (non-hydrogen) atoms. The first kappa shape index (κ1) is 19.2. The highest BCUT2D eigenvalue weighted by atomic mass is 32.2. The van der Waals surface area contributed by atoms with Gasteiger partial charge in [-0.3, -0.25) is 9.59 Å². The summed E-state index contributed by atoms with van der Waals surface area (Å²) in [6.45, 7) is -0.394. The van der Waals surface area contributed by atoms with Gasteiger partial charge in [0, 0.05) is 17.1 Å². The lowest BCUT2D eigenvalue weighted by Crippen LogP contribution is -2.25. The molecule has 0 heterocycles. The maximum atomic E-state index is 12.8. The highest BCUT2D eigenvalue weighted by Crippen LogP contribution is 2.39. The second-order valence-corrected chi connectivity index (χ2v) is 8.42. The van der Waals surface area contributed by atoms with Gasteiger partial charge in [-0.05, 0) is 6.07 Å². The molecule has 0 radical (unpaired) electrons. The van der Waals surface area contributed by atoms with E-state index < -0.39 is 26.5 Å². The van der Waals surface area contributed by atoms with E-state index in [0.29, 0.717) is 0 Å². The van der Waals surface area contributed by atoms with Gasteiger partial charge in [0.05, 0.1) is 33.5 Å². The van der Waals surface area contributed by atoms with Gasteiger partial charge >= 0.3 is 0 Å². The topological polar surface area (TPSA) is 135 Å². The third kappa shape index (κ3) is 3.73. The quantitative estimate of drug-likeness (QED) is 0.609. The van der Waals surface area contributed by atoms with Crippen LogP contribution in [-0.4, -0.2) is 54.9 Å². The molecule has 4 N–H and O–H groups in total. The number of rotatable bonds is 7. The van der Waals surface area contributed by atoms with Gasteiger partial charge in [0.1, 0.15) is 0 Å². The molecule has 0 saturated heterocycles. The van der Waals surface area contributed by atoms with Crippen LogP contribution < -0.4 is 5.14 Å². The largest absolute Gasteiger partial charge is 0.396 e. The number of fused-ring (bicyclic) bond motifs is 1. The van der Waals surface area contributed by atoms with Crippen molar-refractivity contribution >= 4 is 45.1 Å². The number of allylic oxidation sites excluding steroid dienone is 2. The second-order valence-electron chi connectivity index (χ2n) is 4.68. The molecule has 0 fully saturated rings. The van der Waals surface area contributed by atoms with Crippen molar-refractivity contribution in [1.82, 2.24) is 0 Å². The average molecular weight is 389 g/mol. The smallest absolute Gasteiger partial charge is 0.238 e. The maximum Gasteiger partial charge on any atom is 0.238 e. The van der Waals surface area contributed by atoms with Crippen molar-refractivity contribution in [2.24, 2.45) is 5.14 Å². The summed E-state index contributed by atoms with van der Waals surface area (Å²) in [5, 5.41) is 23.1. The summed E-state index contributed by atoms with van der Waals surface area (Å²) in [5.74, 6) is -0.728. The number of hydrogen-bond acceptors (Lipinski definition) is 8. The first-order chi connectivity index (χ1) is 11.3. The van der Waals surface area contributed by atoms with Crippen molar-refractivity contribution in [3.05, 3.63) is 39.1 Å². The van der Waals surface area contributed by atoms with Crippen LogP contribution in [0.1, 0.15) is 20.7 Å². The van der Waals surface area contributed by atoms with Crippen LogP contribution in [0, 0.1) is 0 Å². The SMILES string of the molecule is NS(=O)(=O)c1cccc2c1C(=O)C(SCCO)=C(SCCO)C2=O. The first-order valence-corrected chi connectivity index (χ1v) is 10.3. The Morgan fingerprint density at radius 2 is 1.50 bits per heavy atom. The highest BCUT2D eigenvalue weighted by Gasteiger charge is 2.36. The standard InChI is InChI=1S/C14H15NO6S3/c15-24(20,21)9-3-1-2-8-10(9)12(19)14(23-7-5-17)13(11(8)18)22-6-4-16/h1-3,16-17H,4-7H2,(H2,15,20,21).